The molecule has 2 aromatic carbocycles. The lowest BCUT2D eigenvalue weighted by Gasteiger charge is -2.35. The van der Waals surface area contributed by atoms with E-state index < -0.39 is 24.0 Å². The van der Waals surface area contributed by atoms with E-state index in [4.69, 9.17) is 0 Å². The van der Waals surface area contributed by atoms with Gasteiger partial charge in [0.2, 0.25) is 6.35 Å². The van der Waals surface area contributed by atoms with Crippen molar-refractivity contribution in [3.63, 3.8) is 0 Å². The molecule has 164 valence electrons. The van der Waals surface area contributed by atoms with Crippen molar-refractivity contribution in [2.24, 2.45) is 5.92 Å². The number of halogens is 3. The fourth-order valence-electron chi connectivity index (χ4n) is 4.65. The lowest BCUT2D eigenvalue weighted by Crippen LogP contribution is -2.52. The van der Waals surface area contributed by atoms with Crippen LogP contribution in [0.1, 0.15) is 48.3 Å². The van der Waals surface area contributed by atoms with E-state index in [0.29, 0.717) is 22.8 Å². The van der Waals surface area contributed by atoms with E-state index in [2.05, 4.69) is 22.8 Å². The SMILES string of the molecule is O=C1NC(O)NC(C2CCC(c3ccccc3)CC2)=C1Cc1cccc(C(F)(F)F)c1. The Bertz CT molecular complexity index is 964. The molecule has 0 radical (unpaired) electrons. The van der Waals surface area contributed by atoms with E-state index in [1.807, 2.05) is 18.2 Å². The maximum atomic E-state index is 13.1. The van der Waals surface area contributed by atoms with Crippen molar-refractivity contribution in [1.29, 1.82) is 0 Å². The number of benzene rings is 2. The quantitative estimate of drug-likeness (QED) is 0.671. The molecule has 0 bridgehead atoms. The van der Waals surface area contributed by atoms with Crippen LogP contribution in [0, 0.1) is 5.92 Å². The van der Waals surface area contributed by atoms with Gasteiger partial charge in [-0.25, -0.2) is 0 Å². The van der Waals surface area contributed by atoms with Gasteiger partial charge in [-0.3, -0.25) is 4.79 Å². The molecule has 0 aromatic heterocycles. The van der Waals surface area contributed by atoms with Crippen LogP contribution in [0.5, 0.6) is 0 Å². The smallest absolute Gasteiger partial charge is 0.356 e. The zero-order valence-electron chi connectivity index (χ0n) is 17.0. The van der Waals surface area contributed by atoms with Gasteiger partial charge >= 0.3 is 6.18 Å². The number of rotatable bonds is 4. The summed E-state index contributed by atoms with van der Waals surface area (Å²) in [5.74, 6) is 0.0672. The number of alkyl halides is 3. The van der Waals surface area contributed by atoms with Gasteiger partial charge in [-0.05, 0) is 54.7 Å². The van der Waals surface area contributed by atoms with Crippen LogP contribution in [0.25, 0.3) is 0 Å². The van der Waals surface area contributed by atoms with Crippen LogP contribution in [0.4, 0.5) is 13.2 Å². The maximum absolute atomic E-state index is 13.1. The number of carbonyl (C=O) groups excluding carboxylic acids is 1. The standard InChI is InChI=1S/C24H25F3N2O2/c25-24(26,27)19-8-4-5-15(13-19)14-20-21(28-23(31)29-22(20)30)18-11-9-17(10-12-18)16-6-2-1-3-7-16/h1-8,13,17-18,23,28,31H,9-12,14H2,(H,29,30). The molecule has 1 heterocycles. The predicted molar refractivity (Wildman–Crippen MR) is 111 cm³/mol. The molecule has 1 atom stereocenters. The molecule has 0 saturated heterocycles. The minimum Gasteiger partial charge on any atom is -0.356 e. The third kappa shape index (κ3) is 4.93. The van der Waals surface area contributed by atoms with E-state index in [-0.39, 0.29) is 12.3 Å². The van der Waals surface area contributed by atoms with Gasteiger partial charge in [-0.2, -0.15) is 13.2 Å². The summed E-state index contributed by atoms with van der Waals surface area (Å²) < 4.78 is 39.2. The highest BCUT2D eigenvalue weighted by Gasteiger charge is 2.34. The molecule has 7 heteroatoms. The third-order valence-corrected chi connectivity index (χ3v) is 6.20. The van der Waals surface area contributed by atoms with Crippen LogP contribution >= 0.6 is 0 Å². The number of hydrogen-bond donors (Lipinski definition) is 3. The predicted octanol–water partition coefficient (Wildman–Crippen LogP) is 4.47. The first-order chi connectivity index (χ1) is 14.8. The van der Waals surface area contributed by atoms with Crippen molar-refractivity contribution in [2.45, 2.75) is 50.6 Å². The minimum atomic E-state index is -4.44. The van der Waals surface area contributed by atoms with Crippen molar-refractivity contribution in [3.8, 4) is 0 Å². The normalized spacial score (nSPS) is 24.5. The highest BCUT2D eigenvalue weighted by atomic mass is 19.4. The van der Waals surface area contributed by atoms with Crippen LogP contribution in [-0.4, -0.2) is 17.4 Å². The van der Waals surface area contributed by atoms with E-state index >= 15 is 0 Å². The van der Waals surface area contributed by atoms with Gasteiger partial charge in [0.05, 0.1) is 5.56 Å². The molecule has 2 aromatic rings. The molecule has 1 aliphatic carbocycles. The molecule has 0 spiro atoms. The van der Waals surface area contributed by atoms with Gasteiger partial charge in [0, 0.05) is 17.7 Å². The monoisotopic (exact) mass is 430 g/mol. The van der Waals surface area contributed by atoms with Crippen LogP contribution < -0.4 is 10.6 Å². The van der Waals surface area contributed by atoms with Gasteiger partial charge in [-0.1, -0.05) is 48.5 Å². The highest BCUT2D eigenvalue weighted by molar-refractivity contribution is 5.95. The first kappa shape index (κ1) is 21.4. The zero-order chi connectivity index (χ0) is 22.0. The summed E-state index contributed by atoms with van der Waals surface area (Å²) in [6, 6.07) is 15.3. The lowest BCUT2D eigenvalue weighted by atomic mass is 9.76. The summed E-state index contributed by atoms with van der Waals surface area (Å²) in [5, 5.41) is 15.4. The maximum Gasteiger partial charge on any atom is 0.416 e. The molecule has 4 nitrogen and oxygen atoms in total. The molecule has 2 aliphatic rings. The van der Waals surface area contributed by atoms with Crippen LogP contribution in [-0.2, 0) is 17.4 Å². The Morgan fingerprint density at radius 1 is 0.903 bits per heavy atom. The molecular formula is C24H25F3N2O2. The van der Waals surface area contributed by atoms with Crippen LogP contribution in [0.2, 0.25) is 0 Å². The fraction of sp³-hybridized carbons (Fsp3) is 0.375. The van der Waals surface area contributed by atoms with Gasteiger partial charge in [-0.15, -0.1) is 0 Å². The molecule has 4 rings (SSSR count). The largest absolute Gasteiger partial charge is 0.416 e. The second-order valence-electron chi connectivity index (χ2n) is 8.25. The number of carbonyl (C=O) groups is 1. The summed E-state index contributed by atoms with van der Waals surface area (Å²) >= 11 is 0. The third-order valence-electron chi connectivity index (χ3n) is 6.20. The van der Waals surface area contributed by atoms with E-state index in [1.54, 1.807) is 6.07 Å². The topological polar surface area (TPSA) is 61.4 Å². The zero-order valence-corrected chi connectivity index (χ0v) is 17.0. The Balaban J connectivity index is 1.56. The van der Waals surface area contributed by atoms with Gasteiger partial charge < -0.3 is 15.7 Å². The lowest BCUT2D eigenvalue weighted by molar-refractivity contribution is -0.137. The first-order valence-corrected chi connectivity index (χ1v) is 10.5. The molecule has 3 N–H and O–H groups in total. The highest BCUT2D eigenvalue weighted by Crippen LogP contribution is 2.39. The number of aliphatic hydroxyl groups is 1. The Hall–Kier alpha value is -2.80. The van der Waals surface area contributed by atoms with Gasteiger partial charge in [0.1, 0.15) is 0 Å². The summed E-state index contributed by atoms with van der Waals surface area (Å²) in [5.41, 5.74) is 2.02. The summed E-state index contributed by atoms with van der Waals surface area (Å²) in [4.78, 5) is 12.6. The number of aliphatic hydroxyl groups excluding tert-OH is 1. The average molecular weight is 430 g/mol. The van der Waals surface area contributed by atoms with E-state index in [9.17, 15) is 23.1 Å². The fourth-order valence-corrected chi connectivity index (χ4v) is 4.65. The summed E-state index contributed by atoms with van der Waals surface area (Å²) in [6.45, 7) is 0. The van der Waals surface area contributed by atoms with Crippen LogP contribution in [0.15, 0.2) is 65.9 Å². The Morgan fingerprint density at radius 3 is 2.26 bits per heavy atom. The summed E-state index contributed by atoms with van der Waals surface area (Å²) in [7, 11) is 0. The molecule has 1 amide bonds. The minimum absolute atomic E-state index is 0.0569. The molecule has 1 aliphatic heterocycles. The number of amides is 1. The second kappa shape index (κ2) is 8.75. The number of hydrogen-bond acceptors (Lipinski definition) is 3. The van der Waals surface area contributed by atoms with Crippen molar-refractivity contribution in [2.75, 3.05) is 0 Å². The molecule has 1 unspecified atom stereocenters. The number of nitrogens with one attached hydrogen (secondary N) is 2. The Morgan fingerprint density at radius 2 is 1.58 bits per heavy atom. The molecular weight excluding hydrogens is 405 g/mol. The number of allylic oxidation sites excluding steroid dienone is 1. The second-order valence-corrected chi connectivity index (χ2v) is 8.25. The molecule has 1 fully saturated rings. The Labute approximate surface area is 179 Å². The van der Waals surface area contributed by atoms with Crippen molar-refractivity contribution in [3.05, 3.63) is 82.6 Å². The summed E-state index contributed by atoms with van der Waals surface area (Å²) in [6.07, 6.45) is -1.97. The molecule has 1 saturated carbocycles. The van der Waals surface area contributed by atoms with Gasteiger partial charge in [0.25, 0.3) is 5.91 Å². The van der Waals surface area contributed by atoms with Crippen molar-refractivity contribution < 1.29 is 23.1 Å². The molecule has 31 heavy (non-hydrogen) atoms. The first-order valence-electron chi connectivity index (χ1n) is 10.5. The van der Waals surface area contributed by atoms with E-state index in [1.165, 1.54) is 11.6 Å². The Kier molecular flexibility index (Phi) is 6.05. The van der Waals surface area contributed by atoms with E-state index in [0.717, 1.165) is 37.8 Å². The van der Waals surface area contributed by atoms with Crippen molar-refractivity contribution in [1.82, 2.24) is 10.6 Å². The van der Waals surface area contributed by atoms with Crippen molar-refractivity contribution >= 4 is 5.91 Å². The van der Waals surface area contributed by atoms with Crippen LogP contribution in [0.3, 0.4) is 0 Å². The van der Waals surface area contributed by atoms with Gasteiger partial charge in [0.15, 0.2) is 0 Å². The average Bonchev–Trinajstić information content (AvgIpc) is 2.76.